The van der Waals surface area contributed by atoms with E-state index in [4.69, 9.17) is 5.73 Å². The summed E-state index contributed by atoms with van der Waals surface area (Å²) in [6.45, 7) is 6.16. The molecule has 2 N–H and O–H groups in total. The molecule has 2 aliphatic rings. The molecule has 2 saturated heterocycles. The summed E-state index contributed by atoms with van der Waals surface area (Å²) in [5.41, 5.74) is 5.56. The van der Waals surface area contributed by atoms with E-state index in [-0.39, 0.29) is 0 Å². The predicted octanol–water partition coefficient (Wildman–Crippen LogP) is 1.53. The Kier molecular flexibility index (Phi) is 5.26. The maximum atomic E-state index is 5.56. The largest absolute Gasteiger partial charge is 0.330 e. The van der Waals surface area contributed by atoms with Crippen LogP contribution in [0.3, 0.4) is 0 Å². The van der Waals surface area contributed by atoms with Crippen LogP contribution >= 0.6 is 0 Å². The van der Waals surface area contributed by atoms with Crippen molar-refractivity contribution in [2.75, 3.05) is 39.8 Å². The van der Waals surface area contributed by atoms with E-state index in [1.54, 1.807) is 0 Å². The molecule has 0 aliphatic carbocycles. The molecule has 0 spiro atoms. The van der Waals surface area contributed by atoms with E-state index >= 15 is 0 Å². The molecule has 0 radical (unpaired) electrons. The third-order valence-electron chi connectivity index (χ3n) is 4.59. The third-order valence-corrected chi connectivity index (χ3v) is 4.59. The first-order valence-electron chi connectivity index (χ1n) is 7.42. The summed E-state index contributed by atoms with van der Waals surface area (Å²) in [6.07, 6.45) is 8.14. The first-order valence-corrected chi connectivity index (χ1v) is 7.42. The summed E-state index contributed by atoms with van der Waals surface area (Å²) in [5, 5.41) is 0. The third kappa shape index (κ3) is 3.94. The van der Waals surface area contributed by atoms with E-state index in [0.717, 1.165) is 18.5 Å². The standard InChI is InChI=1S/C14H29N3/c1-16-9-6-14(7-10-16)17-11-5-13(12-17)4-2-3-8-15/h13-14H,2-12,15H2,1H3. The number of unbranched alkanes of at least 4 members (excludes halogenated alkanes) is 1. The van der Waals surface area contributed by atoms with Gasteiger partial charge in [0, 0.05) is 12.6 Å². The number of likely N-dealkylation sites (tertiary alicyclic amines) is 2. The SMILES string of the molecule is CN1CCC(N2CCC(CCCCN)C2)CC1. The van der Waals surface area contributed by atoms with Crippen molar-refractivity contribution < 1.29 is 0 Å². The Morgan fingerprint density at radius 2 is 1.82 bits per heavy atom. The zero-order valence-electron chi connectivity index (χ0n) is 11.4. The highest BCUT2D eigenvalue weighted by molar-refractivity contribution is 4.84. The number of hydrogen-bond donors (Lipinski definition) is 1. The molecule has 3 heteroatoms. The number of piperidine rings is 1. The van der Waals surface area contributed by atoms with Crippen LogP contribution in [0.2, 0.25) is 0 Å². The number of nitrogens with zero attached hydrogens (tertiary/aromatic N) is 2. The van der Waals surface area contributed by atoms with E-state index in [1.807, 2.05) is 0 Å². The molecule has 2 aliphatic heterocycles. The summed E-state index contributed by atoms with van der Waals surface area (Å²) in [4.78, 5) is 5.23. The second-order valence-electron chi connectivity index (χ2n) is 5.97. The molecular formula is C14H29N3. The number of rotatable bonds is 5. The van der Waals surface area contributed by atoms with E-state index in [1.165, 1.54) is 64.7 Å². The summed E-state index contributed by atoms with van der Waals surface area (Å²) in [7, 11) is 2.25. The van der Waals surface area contributed by atoms with Gasteiger partial charge in [-0.25, -0.2) is 0 Å². The summed E-state index contributed by atoms with van der Waals surface area (Å²) < 4.78 is 0. The molecule has 0 amide bonds. The van der Waals surface area contributed by atoms with Gasteiger partial charge in [0.2, 0.25) is 0 Å². The van der Waals surface area contributed by atoms with Gasteiger partial charge in [-0.1, -0.05) is 6.42 Å². The average Bonchev–Trinajstić information content (AvgIpc) is 2.79. The van der Waals surface area contributed by atoms with Gasteiger partial charge in [0.15, 0.2) is 0 Å². The highest BCUT2D eigenvalue weighted by Gasteiger charge is 2.29. The second kappa shape index (κ2) is 6.72. The quantitative estimate of drug-likeness (QED) is 0.739. The van der Waals surface area contributed by atoms with Crippen molar-refractivity contribution in [1.82, 2.24) is 9.80 Å². The van der Waals surface area contributed by atoms with Crippen LogP contribution in [-0.4, -0.2) is 55.6 Å². The topological polar surface area (TPSA) is 32.5 Å². The Hall–Kier alpha value is -0.120. The van der Waals surface area contributed by atoms with Gasteiger partial charge in [-0.15, -0.1) is 0 Å². The molecule has 0 bridgehead atoms. The van der Waals surface area contributed by atoms with Gasteiger partial charge in [-0.2, -0.15) is 0 Å². The molecule has 3 nitrogen and oxygen atoms in total. The van der Waals surface area contributed by atoms with Crippen molar-refractivity contribution in [1.29, 1.82) is 0 Å². The number of nitrogens with two attached hydrogens (primary N) is 1. The monoisotopic (exact) mass is 239 g/mol. The summed E-state index contributed by atoms with van der Waals surface area (Å²) in [5.74, 6) is 0.959. The molecule has 2 heterocycles. The smallest absolute Gasteiger partial charge is 0.0120 e. The Labute approximate surface area is 106 Å². The van der Waals surface area contributed by atoms with Crippen molar-refractivity contribution in [2.45, 2.75) is 44.6 Å². The fourth-order valence-corrected chi connectivity index (χ4v) is 3.37. The lowest BCUT2D eigenvalue weighted by Crippen LogP contribution is -2.42. The van der Waals surface area contributed by atoms with Crippen LogP contribution in [-0.2, 0) is 0 Å². The van der Waals surface area contributed by atoms with Crippen molar-refractivity contribution >= 4 is 0 Å². The fourth-order valence-electron chi connectivity index (χ4n) is 3.37. The maximum absolute atomic E-state index is 5.56. The first-order chi connectivity index (χ1) is 8.29. The van der Waals surface area contributed by atoms with Gasteiger partial charge in [0.25, 0.3) is 0 Å². The van der Waals surface area contributed by atoms with E-state index in [0.29, 0.717) is 0 Å². The van der Waals surface area contributed by atoms with Crippen LogP contribution < -0.4 is 5.73 Å². The summed E-state index contributed by atoms with van der Waals surface area (Å²) in [6, 6.07) is 0.880. The lowest BCUT2D eigenvalue weighted by atomic mass is 10.0. The van der Waals surface area contributed by atoms with E-state index in [9.17, 15) is 0 Å². The highest BCUT2D eigenvalue weighted by atomic mass is 15.2. The van der Waals surface area contributed by atoms with Crippen molar-refractivity contribution in [3.63, 3.8) is 0 Å². The van der Waals surface area contributed by atoms with Gasteiger partial charge >= 0.3 is 0 Å². The Bertz CT molecular complexity index is 212. The Morgan fingerprint density at radius 3 is 2.53 bits per heavy atom. The van der Waals surface area contributed by atoms with Crippen molar-refractivity contribution in [3.05, 3.63) is 0 Å². The van der Waals surface area contributed by atoms with Crippen LogP contribution in [0.5, 0.6) is 0 Å². The minimum atomic E-state index is 0.866. The molecule has 100 valence electrons. The average molecular weight is 239 g/mol. The Morgan fingerprint density at radius 1 is 1.06 bits per heavy atom. The lowest BCUT2D eigenvalue weighted by Gasteiger charge is -2.35. The van der Waals surface area contributed by atoms with Gasteiger partial charge in [-0.3, -0.25) is 0 Å². The molecule has 17 heavy (non-hydrogen) atoms. The second-order valence-corrected chi connectivity index (χ2v) is 5.97. The van der Waals surface area contributed by atoms with Gasteiger partial charge in [0.05, 0.1) is 0 Å². The van der Waals surface area contributed by atoms with Gasteiger partial charge in [0.1, 0.15) is 0 Å². The Balaban J connectivity index is 1.66. The van der Waals surface area contributed by atoms with E-state index < -0.39 is 0 Å². The van der Waals surface area contributed by atoms with Crippen LogP contribution in [0.4, 0.5) is 0 Å². The molecule has 0 saturated carbocycles. The van der Waals surface area contributed by atoms with Crippen molar-refractivity contribution in [2.24, 2.45) is 11.7 Å². The molecule has 0 aromatic carbocycles. The maximum Gasteiger partial charge on any atom is 0.0120 e. The van der Waals surface area contributed by atoms with Crippen LogP contribution in [0.1, 0.15) is 38.5 Å². The highest BCUT2D eigenvalue weighted by Crippen LogP contribution is 2.26. The fraction of sp³-hybridized carbons (Fsp3) is 1.00. The molecule has 1 unspecified atom stereocenters. The lowest BCUT2D eigenvalue weighted by molar-refractivity contribution is 0.139. The molecule has 2 rings (SSSR count). The van der Waals surface area contributed by atoms with Crippen LogP contribution in [0.25, 0.3) is 0 Å². The minimum Gasteiger partial charge on any atom is -0.330 e. The zero-order chi connectivity index (χ0) is 12.1. The first kappa shape index (κ1) is 13.3. The van der Waals surface area contributed by atoms with Crippen LogP contribution in [0, 0.1) is 5.92 Å². The van der Waals surface area contributed by atoms with Crippen molar-refractivity contribution in [3.8, 4) is 0 Å². The molecule has 0 aromatic rings. The molecule has 1 atom stereocenters. The minimum absolute atomic E-state index is 0.866. The van der Waals surface area contributed by atoms with Crippen LogP contribution in [0.15, 0.2) is 0 Å². The normalized spacial score (nSPS) is 28.9. The number of hydrogen-bond acceptors (Lipinski definition) is 3. The molecular weight excluding hydrogens is 210 g/mol. The van der Waals surface area contributed by atoms with Gasteiger partial charge in [-0.05, 0) is 71.2 Å². The molecule has 2 fully saturated rings. The summed E-state index contributed by atoms with van der Waals surface area (Å²) >= 11 is 0. The predicted molar refractivity (Wildman–Crippen MR) is 73.1 cm³/mol. The molecule has 0 aromatic heterocycles. The zero-order valence-corrected chi connectivity index (χ0v) is 11.4. The van der Waals surface area contributed by atoms with E-state index in [2.05, 4.69) is 16.8 Å². The van der Waals surface area contributed by atoms with Gasteiger partial charge < -0.3 is 15.5 Å².